The van der Waals surface area contributed by atoms with Crippen LogP contribution >= 0.6 is 15.9 Å². The highest BCUT2D eigenvalue weighted by molar-refractivity contribution is 9.10. The predicted octanol–water partition coefficient (Wildman–Crippen LogP) is 2.59. The lowest BCUT2D eigenvalue weighted by Gasteiger charge is -2.38. The minimum absolute atomic E-state index is 0.0669. The maximum atomic E-state index is 13.7. The molecule has 1 aromatic carbocycles. The van der Waals surface area contributed by atoms with Gasteiger partial charge in [-0.1, -0.05) is 15.9 Å². The molecule has 4 heteroatoms. The van der Waals surface area contributed by atoms with E-state index in [-0.39, 0.29) is 17.9 Å². The van der Waals surface area contributed by atoms with Crippen molar-refractivity contribution in [2.75, 3.05) is 7.05 Å². The van der Waals surface area contributed by atoms with Crippen molar-refractivity contribution < 1.29 is 4.39 Å². The smallest absolute Gasteiger partial charge is 0.128 e. The fourth-order valence-corrected chi connectivity index (χ4v) is 2.76. The van der Waals surface area contributed by atoms with Gasteiger partial charge in [-0.15, -0.1) is 0 Å². The van der Waals surface area contributed by atoms with Crippen molar-refractivity contribution in [1.29, 1.82) is 0 Å². The first kappa shape index (κ1) is 12.0. The van der Waals surface area contributed by atoms with E-state index in [0.717, 1.165) is 22.9 Å². The Morgan fingerprint density at radius 3 is 2.75 bits per heavy atom. The largest absolute Gasteiger partial charge is 0.328 e. The van der Waals surface area contributed by atoms with Crippen LogP contribution in [-0.2, 0) is 0 Å². The van der Waals surface area contributed by atoms with Crippen molar-refractivity contribution in [3.8, 4) is 0 Å². The minimum Gasteiger partial charge on any atom is -0.328 e. The van der Waals surface area contributed by atoms with E-state index in [1.54, 1.807) is 6.07 Å². The molecule has 1 unspecified atom stereocenters. The molecule has 0 spiro atoms. The molecule has 2 nitrogen and oxygen atoms in total. The molecule has 0 radical (unpaired) electrons. The van der Waals surface area contributed by atoms with Crippen LogP contribution in [0.4, 0.5) is 4.39 Å². The Morgan fingerprint density at radius 2 is 2.19 bits per heavy atom. The number of halogens is 2. The third-order valence-electron chi connectivity index (χ3n) is 3.29. The maximum absolute atomic E-state index is 13.7. The number of rotatable bonds is 3. The fraction of sp³-hybridized carbons (Fsp3) is 0.500. The van der Waals surface area contributed by atoms with Gasteiger partial charge in [-0.05, 0) is 44.0 Å². The highest BCUT2D eigenvalue weighted by Crippen LogP contribution is 2.38. The van der Waals surface area contributed by atoms with Gasteiger partial charge >= 0.3 is 0 Å². The van der Waals surface area contributed by atoms with Gasteiger partial charge in [0.2, 0.25) is 0 Å². The quantitative estimate of drug-likeness (QED) is 0.896. The molecule has 0 saturated heterocycles. The lowest BCUT2D eigenvalue weighted by Crippen LogP contribution is -2.42. The third-order valence-corrected chi connectivity index (χ3v) is 3.78. The van der Waals surface area contributed by atoms with Crippen LogP contribution in [0.2, 0.25) is 0 Å². The summed E-state index contributed by atoms with van der Waals surface area (Å²) in [7, 11) is 1.87. The van der Waals surface area contributed by atoms with E-state index < -0.39 is 0 Å². The van der Waals surface area contributed by atoms with Gasteiger partial charge < -0.3 is 11.1 Å². The lowest BCUT2D eigenvalue weighted by atomic mass is 9.74. The molecule has 1 atom stereocenters. The summed E-state index contributed by atoms with van der Waals surface area (Å²) in [6.07, 6.45) is 1.94. The van der Waals surface area contributed by atoms with Crippen molar-refractivity contribution >= 4 is 15.9 Å². The first-order valence-electron chi connectivity index (χ1n) is 5.49. The third kappa shape index (κ3) is 2.29. The van der Waals surface area contributed by atoms with Crippen LogP contribution < -0.4 is 11.1 Å². The van der Waals surface area contributed by atoms with E-state index in [0.29, 0.717) is 5.92 Å². The Bertz CT molecular complexity index is 377. The van der Waals surface area contributed by atoms with Crippen molar-refractivity contribution in [2.24, 2.45) is 11.7 Å². The predicted molar refractivity (Wildman–Crippen MR) is 66.6 cm³/mol. The summed E-state index contributed by atoms with van der Waals surface area (Å²) in [6.45, 7) is 0. The van der Waals surface area contributed by atoms with Gasteiger partial charge in [0.25, 0.3) is 0 Å². The van der Waals surface area contributed by atoms with Gasteiger partial charge in [0.05, 0.1) is 0 Å². The van der Waals surface area contributed by atoms with E-state index in [1.165, 1.54) is 6.07 Å². The first-order valence-corrected chi connectivity index (χ1v) is 6.29. The van der Waals surface area contributed by atoms with Crippen LogP contribution in [0.15, 0.2) is 22.7 Å². The molecular formula is C12H16BrFN2. The summed E-state index contributed by atoms with van der Waals surface area (Å²) < 4.78 is 14.6. The molecule has 2 rings (SSSR count). The van der Waals surface area contributed by atoms with Crippen LogP contribution in [0.5, 0.6) is 0 Å². The number of hydrogen-bond acceptors (Lipinski definition) is 2. The zero-order valence-electron chi connectivity index (χ0n) is 9.21. The number of benzene rings is 1. The van der Waals surface area contributed by atoms with Crippen molar-refractivity contribution in [3.05, 3.63) is 34.1 Å². The summed E-state index contributed by atoms with van der Waals surface area (Å²) >= 11 is 3.38. The molecule has 0 aromatic heterocycles. The van der Waals surface area contributed by atoms with Gasteiger partial charge in [0.1, 0.15) is 5.82 Å². The second-order valence-electron chi connectivity index (χ2n) is 4.42. The Kier molecular flexibility index (Phi) is 3.62. The monoisotopic (exact) mass is 286 g/mol. The topological polar surface area (TPSA) is 38.0 Å². The molecule has 88 valence electrons. The van der Waals surface area contributed by atoms with Crippen LogP contribution in [0.3, 0.4) is 0 Å². The molecule has 1 saturated carbocycles. The zero-order valence-corrected chi connectivity index (χ0v) is 10.8. The van der Waals surface area contributed by atoms with Crippen LogP contribution in [-0.4, -0.2) is 13.1 Å². The van der Waals surface area contributed by atoms with Gasteiger partial charge in [-0.2, -0.15) is 0 Å². The minimum atomic E-state index is -0.150. The van der Waals surface area contributed by atoms with E-state index >= 15 is 0 Å². The van der Waals surface area contributed by atoms with Crippen molar-refractivity contribution in [2.45, 2.75) is 24.9 Å². The van der Waals surface area contributed by atoms with Crippen molar-refractivity contribution in [1.82, 2.24) is 5.32 Å². The fourth-order valence-electron chi connectivity index (χ4n) is 2.38. The summed E-state index contributed by atoms with van der Waals surface area (Å²) in [4.78, 5) is 0. The number of hydrogen-bond donors (Lipinski definition) is 2. The molecule has 1 aliphatic rings. The zero-order chi connectivity index (χ0) is 11.7. The summed E-state index contributed by atoms with van der Waals surface area (Å²) in [5, 5.41) is 3.19. The van der Waals surface area contributed by atoms with Crippen LogP contribution in [0, 0.1) is 11.7 Å². The SMILES string of the molecule is CNC(c1cc(Br)ccc1F)C1CC(N)C1. The second-order valence-corrected chi connectivity index (χ2v) is 5.34. The number of nitrogens with two attached hydrogens (primary N) is 1. The van der Waals surface area contributed by atoms with Crippen LogP contribution in [0.25, 0.3) is 0 Å². The van der Waals surface area contributed by atoms with Gasteiger partial charge in [-0.25, -0.2) is 4.39 Å². The molecule has 1 aromatic rings. The Hall–Kier alpha value is -0.450. The second kappa shape index (κ2) is 4.82. The van der Waals surface area contributed by atoms with Crippen molar-refractivity contribution in [3.63, 3.8) is 0 Å². The standard InChI is InChI=1S/C12H16BrFN2/c1-16-12(7-4-9(15)5-7)10-6-8(13)2-3-11(10)14/h2-3,6-7,9,12,16H,4-5,15H2,1H3. The molecule has 0 aliphatic heterocycles. The molecule has 3 N–H and O–H groups in total. The highest BCUT2D eigenvalue weighted by Gasteiger charge is 2.34. The Balaban J connectivity index is 2.22. The molecule has 16 heavy (non-hydrogen) atoms. The summed E-state index contributed by atoms with van der Waals surface area (Å²) in [5.41, 5.74) is 6.51. The number of nitrogens with one attached hydrogen (secondary N) is 1. The average molecular weight is 287 g/mol. The molecule has 1 fully saturated rings. The molecule has 0 bridgehead atoms. The van der Waals surface area contributed by atoms with E-state index in [9.17, 15) is 4.39 Å². The normalized spacial score (nSPS) is 26.2. The van der Waals surface area contributed by atoms with Gasteiger partial charge in [-0.3, -0.25) is 0 Å². The maximum Gasteiger partial charge on any atom is 0.128 e. The molecular weight excluding hydrogens is 271 g/mol. The first-order chi connectivity index (χ1) is 7.61. The average Bonchev–Trinajstić information content (AvgIpc) is 2.21. The summed E-state index contributed by atoms with van der Waals surface area (Å²) in [5.74, 6) is 0.298. The highest BCUT2D eigenvalue weighted by atomic mass is 79.9. The van der Waals surface area contributed by atoms with Gasteiger partial charge in [0.15, 0.2) is 0 Å². The van der Waals surface area contributed by atoms with Gasteiger partial charge in [0, 0.05) is 22.1 Å². The molecule has 0 heterocycles. The van der Waals surface area contributed by atoms with E-state index in [1.807, 2.05) is 13.1 Å². The van der Waals surface area contributed by atoms with E-state index in [4.69, 9.17) is 5.73 Å². The Labute approximate surface area is 104 Å². The summed E-state index contributed by atoms with van der Waals surface area (Å²) in [6, 6.07) is 5.43. The Morgan fingerprint density at radius 1 is 1.50 bits per heavy atom. The van der Waals surface area contributed by atoms with Crippen LogP contribution in [0.1, 0.15) is 24.4 Å². The molecule has 1 aliphatic carbocycles. The lowest BCUT2D eigenvalue weighted by molar-refractivity contribution is 0.201. The molecule has 0 amide bonds. The van der Waals surface area contributed by atoms with E-state index in [2.05, 4.69) is 21.2 Å².